The zero-order chi connectivity index (χ0) is 18.7. The predicted molar refractivity (Wildman–Crippen MR) is 99.8 cm³/mol. The number of amides is 1. The molecule has 0 aromatic heterocycles. The summed E-state index contributed by atoms with van der Waals surface area (Å²) in [6, 6.07) is 9.73. The average molecular weight is 355 g/mol. The number of carbonyl (C=O) groups excluding carboxylic acids is 1. The van der Waals surface area contributed by atoms with Crippen molar-refractivity contribution in [3.05, 3.63) is 57.6 Å². The van der Waals surface area contributed by atoms with Crippen molar-refractivity contribution in [3.8, 4) is 5.75 Å². The number of ether oxygens (including phenoxy) is 1. The van der Waals surface area contributed by atoms with Crippen molar-refractivity contribution in [2.75, 3.05) is 17.7 Å². The van der Waals surface area contributed by atoms with Crippen LogP contribution in [-0.2, 0) is 17.6 Å². The molecule has 0 aliphatic heterocycles. The lowest BCUT2D eigenvalue weighted by Gasteiger charge is -2.17. The van der Waals surface area contributed by atoms with E-state index in [-0.39, 0.29) is 17.3 Å². The average Bonchev–Trinajstić information content (AvgIpc) is 3.09. The number of nitrogens with one attached hydrogen (secondary N) is 2. The standard InChI is InChI=1S/C19H21N3O4/c1-12(20-15-7-6-13-4-3-5-14(13)10-15)19(23)21-17-11-16(22(24)25)8-9-18(17)26-2/h6-12,20H,3-5H2,1-2H3,(H,21,23)/t12-/m1/s1. The number of rotatable bonds is 6. The third kappa shape index (κ3) is 3.77. The molecule has 1 aliphatic rings. The van der Waals surface area contributed by atoms with E-state index >= 15 is 0 Å². The van der Waals surface area contributed by atoms with Gasteiger partial charge in [0.25, 0.3) is 5.69 Å². The summed E-state index contributed by atoms with van der Waals surface area (Å²) in [5, 5.41) is 16.8. The topological polar surface area (TPSA) is 93.5 Å². The number of hydrogen-bond acceptors (Lipinski definition) is 5. The molecule has 0 fully saturated rings. The van der Waals surface area contributed by atoms with Gasteiger partial charge in [0.1, 0.15) is 11.8 Å². The Labute approximate surface area is 151 Å². The van der Waals surface area contributed by atoms with Crippen LogP contribution < -0.4 is 15.4 Å². The van der Waals surface area contributed by atoms with Gasteiger partial charge in [-0.1, -0.05) is 6.07 Å². The molecule has 1 aliphatic carbocycles. The molecule has 136 valence electrons. The fraction of sp³-hybridized carbons (Fsp3) is 0.316. The van der Waals surface area contributed by atoms with Crippen LogP contribution in [0.15, 0.2) is 36.4 Å². The first-order valence-corrected chi connectivity index (χ1v) is 8.49. The smallest absolute Gasteiger partial charge is 0.271 e. The first-order valence-electron chi connectivity index (χ1n) is 8.49. The number of benzene rings is 2. The lowest BCUT2D eigenvalue weighted by atomic mass is 10.1. The van der Waals surface area contributed by atoms with Crippen molar-refractivity contribution in [2.24, 2.45) is 0 Å². The molecule has 2 N–H and O–H groups in total. The Bertz CT molecular complexity index is 851. The molecule has 7 nitrogen and oxygen atoms in total. The first-order chi connectivity index (χ1) is 12.5. The van der Waals surface area contributed by atoms with E-state index < -0.39 is 11.0 Å². The van der Waals surface area contributed by atoms with Crippen LogP contribution in [0.5, 0.6) is 5.75 Å². The molecule has 0 bridgehead atoms. The van der Waals surface area contributed by atoms with Crippen LogP contribution >= 0.6 is 0 Å². The van der Waals surface area contributed by atoms with Crippen LogP contribution in [-0.4, -0.2) is 24.0 Å². The van der Waals surface area contributed by atoms with E-state index in [9.17, 15) is 14.9 Å². The number of nitro benzene ring substituents is 1. The molecule has 2 aromatic rings. The van der Waals surface area contributed by atoms with Gasteiger partial charge in [0.05, 0.1) is 17.7 Å². The molecule has 0 radical (unpaired) electrons. The van der Waals surface area contributed by atoms with Crippen LogP contribution in [0.3, 0.4) is 0 Å². The zero-order valence-electron chi connectivity index (χ0n) is 14.7. The van der Waals surface area contributed by atoms with Crippen LogP contribution in [0.2, 0.25) is 0 Å². The number of aryl methyl sites for hydroxylation is 2. The van der Waals surface area contributed by atoms with Crippen molar-refractivity contribution in [2.45, 2.75) is 32.2 Å². The number of anilines is 2. The Hall–Kier alpha value is -3.09. The molecular formula is C19H21N3O4. The summed E-state index contributed by atoms with van der Waals surface area (Å²) in [5.41, 5.74) is 3.74. The molecule has 1 atom stereocenters. The number of methoxy groups -OCH3 is 1. The summed E-state index contributed by atoms with van der Waals surface area (Å²) < 4.78 is 5.17. The molecule has 26 heavy (non-hydrogen) atoms. The molecule has 1 amide bonds. The van der Waals surface area contributed by atoms with E-state index in [0.717, 1.165) is 18.5 Å². The minimum absolute atomic E-state index is 0.111. The molecule has 0 saturated carbocycles. The monoisotopic (exact) mass is 355 g/mol. The number of hydrogen-bond donors (Lipinski definition) is 2. The summed E-state index contributed by atoms with van der Waals surface area (Å²) in [6.07, 6.45) is 3.34. The minimum atomic E-state index is -0.515. The van der Waals surface area contributed by atoms with Crippen LogP contribution in [0.25, 0.3) is 0 Å². The molecule has 0 unspecified atom stereocenters. The molecule has 2 aromatic carbocycles. The molecule has 7 heteroatoms. The van der Waals surface area contributed by atoms with Gasteiger partial charge in [-0.25, -0.2) is 0 Å². The van der Waals surface area contributed by atoms with Crippen molar-refractivity contribution in [3.63, 3.8) is 0 Å². The van der Waals surface area contributed by atoms with Gasteiger partial charge in [0.2, 0.25) is 5.91 Å². The fourth-order valence-corrected chi connectivity index (χ4v) is 3.13. The summed E-state index contributed by atoms with van der Waals surface area (Å²) in [7, 11) is 1.45. The molecule has 0 heterocycles. The van der Waals surface area contributed by atoms with E-state index in [4.69, 9.17) is 4.74 Å². The van der Waals surface area contributed by atoms with Gasteiger partial charge in [-0.15, -0.1) is 0 Å². The van der Waals surface area contributed by atoms with Gasteiger partial charge >= 0.3 is 0 Å². The highest BCUT2D eigenvalue weighted by atomic mass is 16.6. The molecule has 0 spiro atoms. The minimum Gasteiger partial charge on any atom is -0.495 e. The largest absolute Gasteiger partial charge is 0.495 e. The maximum atomic E-state index is 12.5. The summed E-state index contributed by atoms with van der Waals surface area (Å²) >= 11 is 0. The third-order valence-electron chi connectivity index (χ3n) is 4.53. The predicted octanol–water partition coefficient (Wildman–Crippen LogP) is 3.53. The van der Waals surface area contributed by atoms with E-state index in [0.29, 0.717) is 5.75 Å². The maximum Gasteiger partial charge on any atom is 0.271 e. The van der Waals surface area contributed by atoms with Crippen LogP contribution in [0.1, 0.15) is 24.5 Å². The van der Waals surface area contributed by atoms with Gasteiger partial charge in [-0.05, 0) is 55.5 Å². The third-order valence-corrected chi connectivity index (χ3v) is 4.53. The highest BCUT2D eigenvalue weighted by molar-refractivity contribution is 5.97. The van der Waals surface area contributed by atoms with E-state index in [1.807, 2.05) is 6.07 Å². The fourth-order valence-electron chi connectivity index (χ4n) is 3.13. The van der Waals surface area contributed by atoms with Gasteiger partial charge in [-0.3, -0.25) is 14.9 Å². The number of fused-ring (bicyclic) bond motifs is 1. The van der Waals surface area contributed by atoms with Crippen molar-refractivity contribution in [1.29, 1.82) is 0 Å². The van der Waals surface area contributed by atoms with Crippen molar-refractivity contribution < 1.29 is 14.5 Å². The normalized spacial score (nSPS) is 13.6. The summed E-state index contributed by atoms with van der Waals surface area (Å²) in [4.78, 5) is 22.9. The zero-order valence-corrected chi connectivity index (χ0v) is 14.7. The number of carbonyl (C=O) groups is 1. The Kier molecular flexibility index (Phi) is 5.06. The highest BCUT2D eigenvalue weighted by Gasteiger charge is 2.18. The highest BCUT2D eigenvalue weighted by Crippen LogP contribution is 2.29. The second-order valence-corrected chi connectivity index (χ2v) is 6.33. The number of nitro groups is 1. The number of non-ortho nitro benzene ring substituents is 1. The van der Waals surface area contributed by atoms with Crippen molar-refractivity contribution in [1.82, 2.24) is 0 Å². The van der Waals surface area contributed by atoms with E-state index in [1.165, 1.54) is 42.9 Å². The van der Waals surface area contributed by atoms with Crippen LogP contribution in [0.4, 0.5) is 17.1 Å². The van der Waals surface area contributed by atoms with E-state index in [2.05, 4.69) is 22.8 Å². The maximum absolute atomic E-state index is 12.5. The second-order valence-electron chi connectivity index (χ2n) is 6.33. The van der Waals surface area contributed by atoms with Gasteiger partial charge in [0.15, 0.2) is 0 Å². The SMILES string of the molecule is COc1ccc([N+](=O)[O-])cc1NC(=O)[C@@H](C)Nc1ccc2c(c1)CCC2. The van der Waals surface area contributed by atoms with E-state index in [1.54, 1.807) is 6.92 Å². The van der Waals surface area contributed by atoms with Crippen molar-refractivity contribution >= 4 is 23.0 Å². The van der Waals surface area contributed by atoms with Gasteiger partial charge < -0.3 is 15.4 Å². The summed E-state index contributed by atoms with van der Waals surface area (Å²) in [5.74, 6) is 0.0676. The lowest BCUT2D eigenvalue weighted by molar-refractivity contribution is -0.384. The second kappa shape index (κ2) is 7.43. The summed E-state index contributed by atoms with van der Waals surface area (Å²) in [6.45, 7) is 1.74. The van der Waals surface area contributed by atoms with Gasteiger partial charge in [0, 0.05) is 17.8 Å². The Balaban J connectivity index is 1.71. The first kappa shape index (κ1) is 17.7. The lowest BCUT2D eigenvalue weighted by Crippen LogP contribution is -2.32. The molecular weight excluding hydrogens is 334 g/mol. The number of nitrogens with zero attached hydrogens (tertiary/aromatic N) is 1. The van der Waals surface area contributed by atoms with Crippen LogP contribution in [0, 0.1) is 10.1 Å². The molecule has 0 saturated heterocycles. The Morgan fingerprint density at radius 1 is 1.19 bits per heavy atom. The van der Waals surface area contributed by atoms with Gasteiger partial charge in [-0.2, -0.15) is 0 Å². The Morgan fingerprint density at radius 3 is 2.69 bits per heavy atom. The quantitative estimate of drug-likeness (QED) is 0.611. The molecule has 3 rings (SSSR count). The Morgan fingerprint density at radius 2 is 1.96 bits per heavy atom.